The fourth-order valence-corrected chi connectivity index (χ4v) is 4.08. The first kappa shape index (κ1) is 18.6. The molecule has 0 amide bonds. The summed E-state index contributed by atoms with van der Waals surface area (Å²) in [4.78, 5) is 3.11. The first-order valence-corrected chi connectivity index (χ1v) is 9.33. The van der Waals surface area contributed by atoms with Crippen molar-refractivity contribution in [3.05, 3.63) is 71.7 Å². The molecular formula is C22H22F3N3. The van der Waals surface area contributed by atoms with Gasteiger partial charge in [-0.25, -0.2) is 13.2 Å². The van der Waals surface area contributed by atoms with Crippen LogP contribution in [-0.4, -0.2) is 18.1 Å². The van der Waals surface area contributed by atoms with Crippen LogP contribution in [-0.2, 0) is 0 Å². The van der Waals surface area contributed by atoms with Crippen molar-refractivity contribution in [2.24, 2.45) is 11.7 Å². The first-order valence-electron chi connectivity index (χ1n) is 9.33. The maximum atomic E-state index is 14.4. The molecule has 0 bridgehead atoms. The Bertz CT molecular complexity index is 1020. The zero-order valence-corrected chi connectivity index (χ0v) is 15.4. The Morgan fingerprint density at radius 3 is 2.50 bits per heavy atom. The maximum Gasteiger partial charge on any atom is 0.150 e. The molecule has 146 valence electrons. The number of aromatic nitrogens is 1. The Labute approximate surface area is 161 Å². The Morgan fingerprint density at radius 1 is 1.11 bits per heavy atom. The van der Waals surface area contributed by atoms with E-state index in [-0.39, 0.29) is 17.3 Å². The number of nitrogens with two attached hydrogens (primary N) is 1. The highest BCUT2D eigenvalue weighted by atomic mass is 19.1. The number of fused-ring (bicyclic) bond motifs is 1. The van der Waals surface area contributed by atoms with E-state index in [0.29, 0.717) is 23.5 Å². The molecule has 4 rings (SSSR count). The van der Waals surface area contributed by atoms with E-state index >= 15 is 0 Å². The van der Waals surface area contributed by atoms with Gasteiger partial charge in [0, 0.05) is 23.7 Å². The molecule has 0 aliphatic heterocycles. The minimum atomic E-state index is -0.622. The molecule has 4 N–H and O–H groups in total. The second-order valence-electron chi connectivity index (χ2n) is 7.55. The van der Waals surface area contributed by atoms with Crippen molar-refractivity contribution in [1.82, 2.24) is 10.3 Å². The fourth-order valence-electron chi connectivity index (χ4n) is 4.08. The molecule has 28 heavy (non-hydrogen) atoms. The van der Waals surface area contributed by atoms with Crippen LogP contribution >= 0.6 is 0 Å². The van der Waals surface area contributed by atoms with E-state index in [4.69, 9.17) is 5.73 Å². The summed E-state index contributed by atoms with van der Waals surface area (Å²) < 4.78 is 41.6. The monoisotopic (exact) mass is 385 g/mol. The summed E-state index contributed by atoms with van der Waals surface area (Å²) in [7, 11) is 0. The van der Waals surface area contributed by atoms with Crippen molar-refractivity contribution >= 4 is 10.9 Å². The number of benzene rings is 2. The predicted octanol–water partition coefficient (Wildman–Crippen LogP) is 4.81. The SMILES string of the molecule is C=C(N)CNCC1CC(c2c(-c3ccc(F)cc3)[nH]c3c(F)cc(F)cc23)C1. The van der Waals surface area contributed by atoms with Gasteiger partial charge in [0.2, 0.25) is 0 Å². The van der Waals surface area contributed by atoms with E-state index in [1.165, 1.54) is 18.2 Å². The van der Waals surface area contributed by atoms with Crippen molar-refractivity contribution in [3.8, 4) is 11.3 Å². The summed E-state index contributed by atoms with van der Waals surface area (Å²) in [6.07, 6.45) is 1.81. The molecule has 1 aromatic heterocycles. The van der Waals surface area contributed by atoms with Crippen molar-refractivity contribution < 1.29 is 13.2 Å². The van der Waals surface area contributed by atoms with Crippen LogP contribution in [0.15, 0.2) is 48.7 Å². The fraction of sp³-hybridized carbons (Fsp3) is 0.273. The van der Waals surface area contributed by atoms with Gasteiger partial charge < -0.3 is 16.0 Å². The van der Waals surface area contributed by atoms with E-state index < -0.39 is 11.6 Å². The normalized spacial score (nSPS) is 19.0. The first-order chi connectivity index (χ1) is 13.4. The van der Waals surface area contributed by atoms with Crippen molar-refractivity contribution in [1.29, 1.82) is 0 Å². The minimum Gasteiger partial charge on any atom is -0.401 e. The molecule has 0 atom stereocenters. The quantitative estimate of drug-likeness (QED) is 0.570. The van der Waals surface area contributed by atoms with E-state index in [2.05, 4.69) is 16.9 Å². The van der Waals surface area contributed by atoms with Crippen molar-refractivity contribution in [2.75, 3.05) is 13.1 Å². The average Bonchev–Trinajstić information content (AvgIpc) is 2.96. The van der Waals surface area contributed by atoms with Gasteiger partial charge in [-0.3, -0.25) is 0 Å². The van der Waals surface area contributed by atoms with E-state index in [9.17, 15) is 13.2 Å². The topological polar surface area (TPSA) is 53.8 Å². The van der Waals surface area contributed by atoms with E-state index in [0.717, 1.165) is 42.3 Å². The Morgan fingerprint density at radius 2 is 1.82 bits per heavy atom. The highest BCUT2D eigenvalue weighted by molar-refractivity contribution is 5.92. The van der Waals surface area contributed by atoms with Crippen LogP contribution in [0, 0.1) is 23.4 Å². The van der Waals surface area contributed by atoms with Gasteiger partial charge in [0.1, 0.15) is 17.5 Å². The third-order valence-corrected chi connectivity index (χ3v) is 5.43. The number of halogens is 3. The molecule has 6 heteroatoms. The van der Waals surface area contributed by atoms with Gasteiger partial charge in [0.25, 0.3) is 0 Å². The molecule has 1 aliphatic carbocycles. The van der Waals surface area contributed by atoms with Crippen LogP contribution in [0.25, 0.3) is 22.2 Å². The van der Waals surface area contributed by atoms with E-state index in [1.807, 2.05) is 0 Å². The van der Waals surface area contributed by atoms with Gasteiger partial charge in [-0.2, -0.15) is 0 Å². The zero-order valence-electron chi connectivity index (χ0n) is 15.4. The molecule has 0 unspecified atom stereocenters. The smallest absolute Gasteiger partial charge is 0.150 e. The van der Waals surface area contributed by atoms with Crippen LogP contribution in [0.2, 0.25) is 0 Å². The summed E-state index contributed by atoms with van der Waals surface area (Å²) in [5.41, 5.74) is 8.84. The Kier molecular flexibility index (Phi) is 4.89. The maximum absolute atomic E-state index is 14.4. The number of nitrogens with one attached hydrogen (secondary N) is 2. The third-order valence-electron chi connectivity index (χ3n) is 5.43. The number of H-pyrrole nitrogens is 1. The number of hydrogen-bond donors (Lipinski definition) is 3. The molecule has 3 nitrogen and oxygen atoms in total. The molecule has 1 heterocycles. The number of rotatable bonds is 6. The summed E-state index contributed by atoms with van der Waals surface area (Å²) in [6.45, 7) is 5.06. The Hall–Kier alpha value is -2.73. The second kappa shape index (κ2) is 7.36. The largest absolute Gasteiger partial charge is 0.401 e. The van der Waals surface area contributed by atoms with Gasteiger partial charge in [-0.1, -0.05) is 6.58 Å². The lowest BCUT2D eigenvalue weighted by Crippen LogP contribution is -2.33. The standard InChI is InChI=1S/C22H22F3N3/c1-12(26)10-27-11-13-6-15(7-13)20-18-8-17(24)9-19(25)22(18)28-21(20)14-2-4-16(23)5-3-14/h2-5,8-9,13,15,27-28H,1,6-7,10-11,26H2. The summed E-state index contributed by atoms with van der Waals surface area (Å²) in [5, 5.41) is 3.83. The highest BCUT2D eigenvalue weighted by Crippen LogP contribution is 2.48. The zero-order chi connectivity index (χ0) is 19.8. The van der Waals surface area contributed by atoms with Crippen molar-refractivity contribution in [3.63, 3.8) is 0 Å². The van der Waals surface area contributed by atoms with Crippen LogP contribution in [0.4, 0.5) is 13.2 Å². The average molecular weight is 385 g/mol. The van der Waals surface area contributed by atoms with Gasteiger partial charge in [-0.05, 0) is 72.7 Å². The molecule has 2 aromatic carbocycles. The van der Waals surface area contributed by atoms with Gasteiger partial charge in [0.15, 0.2) is 0 Å². The van der Waals surface area contributed by atoms with Crippen molar-refractivity contribution in [2.45, 2.75) is 18.8 Å². The van der Waals surface area contributed by atoms with Crippen LogP contribution in [0.3, 0.4) is 0 Å². The molecule has 1 saturated carbocycles. The Balaban J connectivity index is 1.67. The molecule has 0 radical (unpaired) electrons. The highest BCUT2D eigenvalue weighted by Gasteiger charge is 2.34. The van der Waals surface area contributed by atoms with Crippen LogP contribution in [0.5, 0.6) is 0 Å². The van der Waals surface area contributed by atoms with E-state index in [1.54, 1.807) is 12.1 Å². The number of aromatic amines is 1. The lowest BCUT2D eigenvalue weighted by molar-refractivity contribution is 0.258. The molecular weight excluding hydrogens is 363 g/mol. The molecule has 0 spiro atoms. The predicted molar refractivity (Wildman–Crippen MR) is 105 cm³/mol. The molecule has 1 aliphatic rings. The summed E-state index contributed by atoms with van der Waals surface area (Å²) >= 11 is 0. The molecule has 1 fully saturated rings. The second-order valence-corrected chi connectivity index (χ2v) is 7.55. The molecule has 3 aromatic rings. The van der Waals surface area contributed by atoms with Crippen LogP contribution in [0.1, 0.15) is 24.3 Å². The summed E-state index contributed by atoms with van der Waals surface area (Å²) in [6, 6.07) is 8.31. The van der Waals surface area contributed by atoms with Gasteiger partial charge in [-0.15, -0.1) is 0 Å². The lowest BCUT2D eigenvalue weighted by Gasteiger charge is -2.36. The summed E-state index contributed by atoms with van der Waals surface area (Å²) in [5.74, 6) is -0.912. The third kappa shape index (κ3) is 3.52. The van der Waals surface area contributed by atoms with Crippen LogP contribution < -0.4 is 11.1 Å². The lowest BCUT2D eigenvalue weighted by atomic mass is 9.70. The molecule has 0 saturated heterocycles. The van der Waals surface area contributed by atoms with Gasteiger partial charge >= 0.3 is 0 Å². The van der Waals surface area contributed by atoms with Gasteiger partial charge in [0.05, 0.1) is 11.2 Å². The number of hydrogen-bond acceptors (Lipinski definition) is 2. The minimum absolute atomic E-state index is 0.183.